The highest BCUT2D eigenvalue weighted by Crippen LogP contribution is 2.04. The summed E-state index contributed by atoms with van der Waals surface area (Å²) in [5.74, 6) is -0.0141. The normalized spacial score (nSPS) is 11.4. The van der Waals surface area contributed by atoms with E-state index in [0.29, 0.717) is 6.42 Å². The molecule has 0 saturated heterocycles. The quantitative estimate of drug-likeness (QED) is 0.443. The molecule has 0 radical (unpaired) electrons. The predicted octanol–water partition coefficient (Wildman–Crippen LogP) is 3.28. The first kappa shape index (κ1) is 15.3. The summed E-state index contributed by atoms with van der Waals surface area (Å²) in [4.78, 5) is 15.6. The number of carbonyl (C=O) groups is 1. The zero-order chi connectivity index (χ0) is 13.9. The van der Waals surface area contributed by atoms with Crippen LogP contribution in [0.25, 0.3) is 0 Å². The molecule has 0 aromatic carbocycles. The molecular weight excluding hydrogens is 238 g/mol. The number of nitrogens with one attached hydrogen (secondary N) is 1. The van der Waals surface area contributed by atoms with Crippen molar-refractivity contribution in [3.05, 3.63) is 30.1 Å². The molecule has 0 aliphatic carbocycles. The molecule has 4 nitrogen and oxygen atoms in total. The highest BCUT2D eigenvalue weighted by Gasteiger charge is 2.01. The number of hydrazone groups is 1. The lowest BCUT2D eigenvalue weighted by atomic mass is 10.1. The Hall–Kier alpha value is -1.71. The maximum absolute atomic E-state index is 11.6. The molecule has 0 saturated carbocycles. The number of pyridine rings is 1. The highest BCUT2D eigenvalue weighted by atomic mass is 16.2. The van der Waals surface area contributed by atoms with Crippen LogP contribution in [-0.4, -0.2) is 16.6 Å². The molecular formula is C15H23N3O. The minimum absolute atomic E-state index is 0.0141. The van der Waals surface area contributed by atoms with Gasteiger partial charge in [-0.2, -0.15) is 5.10 Å². The Bertz CT molecular complexity index is 401. The van der Waals surface area contributed by atoms with E-state index >= 15 is 0 Å². The largest absolute Gasteiger partial charge is 0.273 e. The third-order valence-electron chi connectivity index (χ3n) is 2.94. The van der Waals surface area contributed by atoms with Crippen molar-refractivity contribution in [3.8, 4) is 0 Å². The van der Waals surface area contributed by atoms with E-state index in [1.54, 1.807) is 12.4 Å². The van der Waals surface area contributed by atoms with Crippen molar-refractivity contribution in [1.29, 1.82) is 0 Å². The van der Waals surface area contributed by atoms with Gasteiger partial charge in [-0.25, -0.2) is 5.43 Å². The lowest BCUT2D eigenvalue weighted by molar-refractivity contribution is -0.121. The second-order valence-corrected chi connectivity index (χ2v) is 4.64. The number of rotatable bonds is 8. The zero-order valence-corrected chi connectivity index (χ0v) is 11.9. The molecule has 0 atom stereocenters. The summed E-state index contributed by atoms with van der Waals surface area (Å²) in [6.07, 6.45) is 9.73. The number of nitrogens with zero attached hydrogens (tertiary/aromatic N) is 2. The number of hydrogen-bond acceptors (Lipinski definition) is 3. The van der Waals surface area contributed by atoms with Gasteiger partial charge in [-0.1, -0.05) is 38.7 Å². The average Bonchev–Trinajstić information content (AvgIpc) is 2.45. The molecule has 0 fully saturated rings. The van der Waals surface area contributed by atoms with Crippen LogP contribution in [0.15, 0.2) is 29.6 Å². The minimum Gasteiger partial charge on any atom is -0.273 e. The van der Waals surface area contributed by atoms with Gasteiger partial charge < -0.3 is 0 Å². The molecule has 0 unspecified atom stereocenters. The van der Waals surface area contributed by atoms with Crippen LogP contribution in [0, 0.1) is 0 Å². The number of hydrogen-bond donors (Lipinski definition) is 1. The molecule has 0 spiro atoms. The third kappa shape index (κ3) is 6.70. The van der Waals surface area contributed by atoms with E-state index < -0.39 is 0 Å². The van der Waals surface area contributed by atoms with Gasteiger partial charge in [0.2, 0.25) is 5.91 Å². The van der Waals surface area contributed by atoms with Crippen molar-refractivity contribution < 1.29 is 4.79 Å². The van der Waals surface area contributed by atoms with Crippen LogP contribution in [0.5, 0.6) is 0 Å². The molecule has 1 heterocycles. The molecule has 1 aromatic rings. The van der Waals surface area contributed by atoms with Crippen molar-refractivity contribution in [1.82, 2.24) is 10.4 Å². The minimum atomic E-state index is -0.0141. The molecule has 4 heteroatoms. The van der Waals surface area contributed by atoms with Gasteiger partial charge in [-0.3, -0.25) is 9.78 Å². The molecule has 1 rings (SSSR count). The number of unbranched alkanes of at least 4 members (excludes halogenated alkanes) is 4. The van der Waals surface area contributed by atoms with Crippen LogP contribution in [0.3, 0.4) is 0 Å². The van der Waals surface area contributed by atoms with Crippen molar-refractivity contribution in [2.75, 3.05) is 0 Å². The van der Waals surface area contributed by atoms with E-state index in [2.05, 4.69) is 22.4 Å². The van der Waals surface area contributed by atoms with Gasteiger partial charge in [0.1, 0.15) is 0 Å². The van der Waals surface area contributed by atoms with Crippen LogP contribution < -0.4 is 5.43 Å². The maximum Gasteiger partial charge on any atom is 0.240 e. The van der Waals surface area contributed by atoms with Crippen LogP contribution >= 0.6 is 0 Å². The van der Waals surface area contributed by atoms with E-state index in [1.807, 2.05) is 19.1 Å². The lowest BCUT2D eigenvalue weighted by Gasteiger charge is -2.02. The third-order valence-corrected chi connectivity index (χ3v) is 2.94. The first-order valence-electron chi connectivity index (χ1n) is 6.97. The fourth-order valence-electron chi connectivity index (χ4n) is 1.73. The monoisotopic (exact) mass is 261 g/mol. The van der Waals surface area contributed by atoms with Crippen LogP contribution in [0.2, 0.25) is 0 Å². The summed E-state index contributed by atoms with van der Waals surface area (Å²) in [5.41, 5.74) is 4.29. The van der Waals surface area contributed by atoms with Gasteiger partial charge in [0.15, 0.2) is 0 Å². The van der Waals surface area contributed by atoms with Crippen LogP contribution in [-0.2, 0) is 4.79 Å². The average molecular weight is 261 g/mol. The SMILES string of the molecule is CCCCCCCC(=O)N/N=C(/C)c1cccnc1. The Balaban J connectivity index is 2.25. The van der Waals surface area contributed by atoms with E-state index in [-0.39, 0.29) is 5.91 Å². The molecule has 0 aliphatic heterocycles. The van der Waals surface area contributed by atoms with Crippen LogP contribution in [0.1, 0.15) is 57.9 Å². The van der Waals surface area contributed by atoms with Crippen molar-refractivity contribution in [2.24, 2.45) is 5.10 Å². The lowest BCUT2D eigenvalue weighted by Crippen LogP contribution is -2.18. The molecule has 104 valence electrons. The van der Waals surface area contributed by atoms with E-state index in [1.165, 1.54) is 19.3 Å². The van der Waals surface area contributed by atoms with E-state index in [9.17, 15) is 4.79 Å². The van der Waals surface area contributed by atoms with Gasteiger partial charge in [-0.05, 0) is 19.4 Å². The Morgan fingerprint density at radius 3 is 2.79 bits per heavy atom. The number of amides is 1. The molecule has 1 aromatic heterocycles. The summed E-state index contributed by atoms with van der Waals surface area (Å²) in [5, 5.41) is 4.09. The first-order valence-corrected chi connectivity index (χ1v) is 6.97. The summed E-state index contributed by atoms with van der Waals surface area (Å²) in [6, 6.07) is 3.77. The topological polar surface area (TPSA) is 54.4 Å². The highest BCUT2D eigenvalue weighted by molar-refractivity contribution is 5.98. The summed E-state index contributed by atoms with van der Waals surface area (Å²) < 4.78 is 0. The van der Waals surface area contributed by atoms with Gasteiger partial charge in [0, 0.05) is 24.4 Å². The van der Waals surface area contributed by atoms with E-state index in [4.69, 9.17) is 0 Å². The summed E-state index contributed by atoms with van der Waals surface area (Å²) in [6.45, 7) is 4.04. The van der Waals surface area contributed by atoms with Crippen molar-refractivity contribution in [2.45, 2.75) is 52.4 Å². The fourth-order valence-corrected chi connectivity index (χ4v) is 1.73. The molecule has 1 N–H and O–H groups in total. The molecule has 0 aliphatic rings. The summed E-state index contributed by atoms with van der Waals surface area (Å²) in [7, 11) is 0. The zero-order valence-electron chi connectivity index (χ0n) is 11.9. The Morgan fingerprint density at radius 1 is 1.32 bits per heavy atom. The van der Waals surface area contributed by atoms with Gasteiger partial charge in [-0.15, -0.1) is 0 Å². The first-order chi connectivity index (χ1) is 9.24. The predicted molar refractivity (Wildman–Crippen MR) is 78.0 cm³/mol. The van der Waals surface area contributed by atoms with Gasteiger partial charge >= 0.3 is 0 Å². The van der Waals surface area contributed by atoms with E-state index in [0.717, 1.165) is 24.1 Å². The fraction of sp³-hybridized carbons (Fsp3) is 0.533. The Labute approximate surface area is 115 Å². The molecule has 0 bridgehead atoms. The second kappa shape index (κ2) is 9.25. The van der Waals surface area contributed by atoms with Crippen molar-refractivity contribution in [3.63, 3.8) is 0 Å². The van der Waals surface area contributed by atoms with Crippen LogP contribution in [0.4, 0.5) is 0 Å². The molecule has 1 amide bonds. The number of carbonyl (C=O) groups excluding carboxylic acids is 1. The van der Waals surface area contributed by atoms with Crippen molar-refractivity contribution >= 4 is 11.6 Å². The van der Waals surface area contributed by atoms with Gasteiger partial charge in [0.05, 0.1) is 5.71 Å². The maximum atomic E-state index is 11.6. The van der Waals surface area contributed by atoms with Gasteiger partial charge in [0.25, 0.3) is 0 Å². The summed E-state index contributed by atoms with van der Waals surface area (Å²) >= 11 is 0. The second-order valence-electron chi connectivity index (χ2n) is 4.64. The molecule has 19 heavy (non-hydrogen) atoms. The standard InChI is InChI=1S/C15H23N3O/c1-3-4-5-6-7-10-15(19)18-17-13(2)14-9-8-11-16-12-14/h8-9,11-12H,3-7,10H2,1-2H3,(H,18,19)/b17-13-. The Kier molecular flexibility index (Phi) is 7.47. The Morgan fingerprint density at radius 2 is 2.11 bits per heavy atom. The number of aromatic nitrogens is 1. The smallest absolute Gasteiger partial charge is 0.240 e.